The highest BCUT2D eigenvalue weighted by atomic mass is 16.4. The fourth-order valence-electron chi connectivity index (χ4n) is 1.90. The Kier molecular flexibility index (Phi) is 8.14. The van der Waals surface area contributed by atoms with Gasteiger partial charge in [0.05, 0.1) is 5.41 Å². The summed E-state index contributed by atoms with van der Waals surface area (Å²) in [4.78, 5) is 24.8. The van der Waals surface area contributed by atoms with Crippen LogP contribution in [0.5, 0.6) is 0 Å². The van der Waals surface area contributed by atoms with Crippen LogP contribution in [-0.4, -0.2) is 53.4 Å². The van der Waals surface area contributed by atoms with E-state index in [4.69, 9.17) is 5.11 Å². The van der Waals surface area contributed by atoms with Crippen LogP contribution in [0, 0.1) is 5.41 Å². The molecule has 0 aliphatic rings. The zero-order valence-electron chi connectivity index (χ0n) is 12.1. The van der Waals surface area contributed by atoms with Gasteiger partial charge in [0.25, 0.3) is 0 Å². The van der Waals surface area contributed by atoms with Crippen LogP contribution >= 0.6 is 0 Å². The highest BCUT2D eigenvalue weighted by Gasteiger charge is 2.35. The van der Waals surface area contributed by atoms with Crippen LogP contribution in [0.4, 0.5) is 4.79 Å². The number of urea groups is 1. The van der Waals surface area contributed by atoms with Crippen LogP contribution in [0.1, 0.15) is 40.0 Å². The number of carbonyl (C=O) groups excluding carboxylic acids is 1. The molecule has 2 amide bonds. The Morgan fingerprint density at radius 2 is 1.79 bits per heavy atom. The molecule has 0 radical (unpaired) electrons. The largest absolute Gasteiger partial charge is 0.481 e. The Balaban J connectivity index is 4.50. The van der Waals surface area contributed by atoms with Gasteiger partial charge in [-0.15, -0.1) is 0 Å². The number of carbonyl (C=O) groups is 2. The summed E-state index contributed by atoms with van der Waals surface area (Å²) >= 11 is 0. The van der Waals surface area contributed by atoms with Gasteiger partial charge in [-0.1, -0.05) is 13.8 Å². The molecule has 0 fully saturated rings. The monoisotopic (exact) mass is 274 g/mol. The second-order valence-electron chi connectivity index (χ2n) is 4.61. The van der Waals surface area contributed by atoms with Crippen LogP contribution in [0.25, 0.3) is 0 Å². The van der Waals surface area contributed by atoms with E-state index >= 15 is 0 Å². The van der Waals surface area contributed by atoms with Crippen molar-refractivity contribution < 1.29 is 19.8 Å². The van der Waals surface area contributed by atoms with Crippen molar-refractivity contribution in [3.05, 3.63) is 0 Å². The molecular formula is C13H26N2O4. The smallest absolute Gasteiger partial charge is 0.317 e. The number of aliphatic carboxylic acids is 1. The van der Waals surface area contributed by atoms with E-state index in [1.165, 1.54) is 0 Å². The number of aliphatic hydroxyl groups is 1. The highest BCUT2D eigenvalue weighted by Crippen LogP contribution is 2.25. The summed E-state index contributed by atoms with van der Waals surface area (Å²) in [5.74, 6) is -0.879. The minimum atomic E-state index is -0.897. The van der Waals surface area contributed by atoms with Crippen LogP contribution in [0.2, 0.25) is 0 Å². The van der Waals surface area contributed by atoms with Crippen LogP contribution in [0.3, 0.4) is 0 Å². The van der Waals surface area contributed by atoms with Gasteiger partial charge in [-0.2, -0.15) is 0 Å². The van der Waals surface area contributed by atoms with E-state index in [2.05, 4.69) is 5.32 Å². The molecule has 0 aliphatic heterocycles. The first-order chi connectivity index (χ1) is 8.97. The number of aliphatic hydroxyl groups excluding tert-OH is 1. The zero-order chi connectivity index (χ0) is 14.9. The molecule has 112 valence electrons. The number of nitrogens with zero attached hydrogens (tertiary/aromatic N) is 1. The molecule has 0 atom stereocenters. The third-order valence-electron chi connectivity index (χ3n) is 3.64. The van der Waals surface area contributed by atoms with Crippen molar-refractivity contribution in [3.8, 4) is 0 Å². The summed E-state index contributed by atoms with van der Waals surface area (Å²) in [7, 11) is 0. The molecule has 0 unspecified atom stereocenters. The molecule has 0 saturated heterocycles. The van der Waals surface area contributed by atoms with Gasteiger partial charge in [0, 0.05) is 26.2 Å². The number of carboxylic acid groups (broad SMARTS) is 1. The molecule has 0 saturated carbocycles. The maximum absolute atomic E-state index is 11.9. The average molecular weight is 274 g/mol. The van der Waals surface area contributed by atoms with Gasteiger partial charge in [-0.25, -0.2) is 4.79 Å². The Morgan fingerprint density at radius 3 is 2.16 bits per heavy atom. The molecule has 0 heterocycles. The van der Waals surface area contributed by atoms with E-state index in [1.54, 1.807) is 4.90 Å². The van der Waals surface area contributed by atoms with Gasteiger partial charge < -0.3 is 20.4 Å². The van der Waals surface area contributed by atoms with Crippen molar-refractivity contribution in [2.45, 2.75) is 40.0 Å². The molecule has 6 heteroatoms. The first-order valence-electron chi connectivity index (χ1n) is 6.84. The summed E-state index contributed by atoms with van der Waals surface area (Å²) in [6, 6.07) is -0.275. The fraction of sp³-hybridized carbons (Fsp3) is 0.846. The van der Waals surface area contributed by atoms with E-state index in [0.29, 0.717) is 32.4 Å². The van der Waals surface area contributed by atoms with E-state index in [9.17, 15) is 14.7 Å². The lowest BCUT2D eigenvalue weighted by molar-refractivity contribution is -0.149. The molecule has 3 N–H and O–H groups in total. The number of nitrogens with one attached hydrogen (secondary N) is 1. The van der Waals surface area contributed by atoms with Crippen molar-refractivity contribution >= 4 is 12.0 Å². The average Bonchev–Trinajstić information content (AvgIpc) is 2.41. The van der Waals surface area contributed by atoms with Crippen molar-refractivity contribution in [2.24, 2.45) is 5.41 Å². The molecule has 0 aliphatic carbocycles. The first-order valence-corrected chi connectivity index (χ1v) is 6.84. The van der Waals surface area contributed by atoms with Crippen molar-refractivity contribution in [3.63, 3.8) is 0 Å². The Bertz CT molecular complexity index is 290. The van der Waals surface area contributed by atoms with Gasteiger partial charge >= 0.3 is 12.0 Å². The van der Waals surface area contributed by atoms with E-state index in [0.717, 1.165) is 0 Å². The summed E-state index contributed by atoms with van der Waals surface area (Å²) in [6.07, 6.45) is 1.47. The molecule has 0 spiro atoms. The maximum atomic E-state index is 11.9. The highest BCUT2D eigenvalue weighted by molar-refractivity contribution is 5.78. The van der Waals surface area contributed by atoms with Gasteiger partial charge in [-0.3, -0.25) is 4.79 Å². The standard InChI is InChI=1S/C13H26N2O4/c1-4-13(5-2,11(17)18)10-14-12(19)15(6-3)8-7-9-16/h16H,4-10H2,1-3H3,(H,14,19)(H,17,18). The van der Waals surface area contributed by atoms with Crippen LogP contribution in [-0.2, 0) is 4.79 Å². The van der Waals surface area contributed by atoms with Gasteiger partial charge in [0.15, 0.2) is 0 Å². The first kappa shape index (κ1) is 17.7. The van der Waals surface area contributed by atoms with Crippen LogP contribution < -0.4 is 5.32 Å². The molecule has 0 aromatic rings. The third kappa shape index (κ3) is 5.06. The van der Waals surface area contributed by atoms with E-state index < -0.39 is 11.4 Å². The molecule has 0 aromatic heterocycles. The van der Waals surface area contributed by atoms with Gasteiger partial charge in [-0.05, 0) is 26.2 Å². The number of rotatable bonds is 9. The normalized spacial score (nSPS) is 11.2. The minimum Gasteiger partial charge on any atom is -0.481 e. The summed E-state index contributed by atoms with van der Waals surface area (Å²) in [5, 5.41) is 20.7. The fourth-order valence-corrected chi connectivity index (χ4v) is 1.90. The minimum absolute atomic E-state index is 0.0345. The Hall–Kier alpha value is -1.30. The van der Waals surface area contributed by atoms with Crippen molar-refractivity contribution in [1.29, 1.82) is 0 Å². The van der Waals surface area contributed by atoms with Crippen molar-refractivity contribution in [2.75, 3.05) is 26.2 Å². The lowest BCUT2D eigenvalue weighted by Gasteiger charge is -2.29. The second-order valence-corrected chi connectivity index (χ2v) is 4.61. The van der Waals surface area contributed by atoms with Crippen LogP contribution in [0.15, 0.2) is 0 Å². The molecule has 19 heavy (non-hydrogen) atoms. The summed E-state index contributed by atoms with van der Waals surface area (Å²) in [5.41, 5.74) is -0.897. The molecular weight excluding hydrogens is 248 g/mol. The Morgan fingerprint density at radius 1 is 1.21 bits per heavy atom. The number of amides is 2. The number of carboxylic acids is 1. The van der Waals surface area contributed by atoms with Gasteiger partial charge in [0.2, 0.25) is 0 Å². The predicted octanol–water partition coefficient (Wildman–Crippen LogP) is 1.29. The number of hydrogen-bond acceptors (Lipinski definition) is 3. The quantitative estimate of drug-likeness (QED) is 0.591. The SMILES string of the molecule is CCN(CCCO)C(=O)NCC(CC)(CC)C(=O)O. The molecule has 0 rings (SSSR count). The topological polar surface area (TPSA) is 89.9 Å². The summed E-state index contributed by atoms with van der Waals surface area (Å²) in [6.45, 7) is 6.64. The molecule has 0 aromatic carbocycles. The third-order valence-corrected chi connectivity index (χ3v) is 3.64. The lowest BCUT2D eigenvalue weighted by atomic mass is 9.82. The van der Waals surface area contributed by atoms with Gasteiger partial charge in [0.1, 0.15) is 0 Å². The molecule has 0 bridgehead atoms. The van der Waals surface area contributed by atoms with E-state index in [-0.39, 0.29) is 19.2 Å². The lowest BCUT2D eigenvalue weighted by Crippen LogP contribution is -2.47. The van der Waals surface area contributed by atoms with E-state index in [1.807, 2.05) is 20.8 Å². The maximum Gasteiger partial charge on any atom is 0.317 e. The van der Waals surface area contributed by atoms with Crippen molar-refractivity contribution in [1.82, 2.24) is 10.2 Å². The zero-order valence-corrected chi connectivity index (χ0v) is 12.1. The number of hydrogen-bond donors (Lipinski definition) is 3. The predicted molar refractivity (Wildman–Crippen MR) is 73.0 cm³/mol. The summed E-state index contributed by atoms with van der Waals surface area (Å²) < 4.78 is 0. The molecule has 6 nitrogen and oxygen atoms in total. The second kappa shape index (κ2) is 8.74. The Labute approximate surface area is 114 Å².